The molecule has 108 valence electrons. The van der Waals surface area contributed by atoms with E-state index in [4.69, 9.17) is 0 Å². The van der Waals surface area contributed by atoms with Gasteiger partial charge in [-0.15, -0.1) is 0 Å². The number of hydrogen-bond acceptors (Lipinski definition) is 4. The first-order valence-electron chi connectivity index (χ1n) is 7.50. The highest BCUT2D eigenvalue weighted by Gasteiger charge is 1.99. The fourth-order valence-corrected chi connectivity index (χ4v) is 1.87. The standard InChI is InChI=1S/C15H28N4/c1-4-5-6-7-8-9-16-10-14-11-17-15(18-12-14)19-13(2)3/h11-13,16H,4-10H2,1-3H3,(H,17,18,19). The van der Waals surface area contributed by atoms with Gasteiger partial charge in [-0.1, -0.05) is 32.6 Å². The average molecular weight is 264 g/mol. The van der Waals surface area contributed by atoms with E-state index in [0.29, 0.717) is 12.0 Å². The molecule has 0 amide bonds. The number of nitrogens with zero attached hydrogens (tertiary/aromatic N) is 2. The van der Waals surface area contributed by atoms with Crippen molar-refractivity contribution in [3.05, 3.63) is 18.0 Å². The second-order valence-corrected chi connectivity index (χ2v) is 5.30. The molecular formula is C15H28N4. The minimum absolute atomic E-state index is 0.368. The Labute approximate surface area is 117 Å². The predicted octanol–water partition coefficient (Wildman–Crippen LogP) is 3.36. The molecule has 0 bridgehead atoms. The molecule has 0 atom stereocenters. The van der Waals surface area contributed by atoms with Crippen LogP contribution in [0.1, 0.15) is 58.4 Å². The van der Waals surface area contributed by atoms with Crippen LogP contribution in [-0.4, -0.2) is 22.6 Å². The SMILES string of the molecule is CCCCCCCNCc1cnc(NC(C)C)nc1. The minimum Gasteiger partial charge on any atom is -0.352 e. The van der Waals surface area contributed by atoms with Crippen LogP contribution in [0.3, 0.4) is 0 Å². The topological polar surface area (TPSA) is 49.8 Å². The number of anilines is 1. The summed E-state index contributed by atoms with van der Waals surface area (Å²) in [6.45, 7) is 8.34. The average Bonchev–Trinajstić information content (AvgIpc) is 2.39. The van der Waals surface area contributed by atoms with E-state index < -0.39 is 0 Å². The Morgan fingerprint density at radius 2 is 1.74 bits per heavy atom. The highest BCUT2D eigenvalue weighted by atomic mass is 15.1. The Hall–Kier alpha value is -1.16. The van der Waals surface area contributed by atoms with E-state index in [-0.39, 0.29) is 0 Å². The molecule has 1 aromatic heterocycles. The third-order valence-corrected chi connectivity index (χ3v) is 2.91. The Kier molecular flexibility index (Phi) is 8.14. The zero-order valence-electron chi connectivity index (χ0n) is 12.6. The van der Waals surface area contributed by atoms with E-state index >= 15 is 0 Å². The van der Waals surface area contributed by atoms with Crippen LogP contribution in [0, 0.1) is 0 Å². The second kappa shape index (κ2) is 9.73. The zero-order valence-corrected chi connectivity index (χ0v) is 12.6. The molecule has 0 aliphatic rings. The summed E-state index contributed by atoms with van der Waals surface area (Å²) in [5.74, 6) is 0.707. The summed E-state index contributed by atoms with van der Waals surface area (Å²) in [5, 5.41) is 6.62. The Morgan fingerprint density at radius 1 is 1.05 bits per heavy atom. The summed E-state index contributed by atoms with van der Waals surface area (Å²) >= 11 is 0. The molecule has 0 aromatic carbocycles. The zero-order chi connectivity index (χ0) is 13.9. The van der Waals surface area contributed by atoms with Gasteiger partial charge in [0.05, 0.1) is 0 Å². The van der Waals surface area contributed by atoms with Crippen LogP contribution in [0.25, 0.3) is 0 Å². The van der Waals surface area contributed by atoms with Crippen molar-refractivity contribution in [3.63, 3.8) is 0 Å². The van der Waals surface area contributed by atoms with Crippen LogP contribution >= 0.6 is 0 Å². The van der Waals surface area contributed by atoms with Crippen LogP contribution in [0.5, 0.6) is 0 Å². The van der Waals surface area contributed by atoms with Crippen molar-refractivity contribution in [3.8, 4) is 0 Å². The van der Waals surface area contributed by atoms with Crippen molar-refractivity contribution in [2.24, 2.45) is 0 Å². The first-order chi connectivity index (χ1) is 9.22. The molecule has 1 rings (SSSR count). The van der Waals surface area contributed by atoms with E-state index in [1.54, 1.807) is 0 Å². The molecule has 0 aliphatic heterocycles. The molecule has 0 fully saturated rings. The summed E-state index contributed by atoms with van der Waals surface area (Å²) in [5.41, 5.74) is 1.14. The first-order valence-corrected chi connectivity index (χ1v) is 7.50. The molecular weight excluding hydrogens is 236 g/mol. The van der Waals surface area contributed by atoms with E-state index in [2.05, 4.69) is 41.4 Å². The summed E-state index contributed by atoms with van der Waals surface area (Å²) in [6, 6.07) is 0.368. The Bertz CT molecular complexity index is 321. The summed E-state index contributed by atoms with van der Waals surface area (Å²) in [4.78, 5) is 8.59. The predicted molar refractivity (Wildman–Crippen MR) is 81.3 cm³/mol. The Balaban J connectivity index is 2.12. The quantitative estimate of drug-likeness (QED) is 0.636. The molecule has 2 N–H and O–H groups in total. The highest BCUT2D eigenvalue weighted by Crippen LogP contribution is 2.03. The molecule has 0 saturated carbocycles. The number of hydrogen-bond donors (Lipinski definition) is 2. The summed E-state index contributed by atoms with van der Waals surface area (Å²) in [7, 11) is 0. The second-order valence-electron chi connectivity index (χ2n) is 5.30. The van der Waals surface area contributed by atoms with E-state index in [0.717, 1.165) is 18.7 Å². The molecule has 0 saturated heterocycles. The fourth-order valence-electron chi connectivity index (χ4n) is 1.87. The van der Waals surface area contributed by atoms with E-state index in [9.17, 15) is 0 Å². The lowest BCUT2D eigenvalue weighted by Crippen LogP contribution is -2.16. The molecule has 0 spiro atoms. The van der Waals surface area contributed by atoms with Crippen LogP contribution < -0.4 is 10.6 Å². The molecule has 1 heterocycles. The lowest BCUT2D eigenvalue weighted by molar-refractivity contribution is 0.582. The van der Waals surface area contributed by atoms with Gasteiger partial charge >= 0.3 is 0 Å². The van der Waals surface area contributed by atoms with Crippen molar-refractivity contribution in [1.82, 2.24) is 15.3 Å². The molecule has 4 nitrogen and oxygen atoms in total. The maximum Gasteiger partial charge on any atom is 0.222 e. The Morgan fingerprint density at radius 3 is 2.37 bits per heavy atom. The maximum absolute atomic E-state index is 4.30. The van der Waals surface area contributed by atoms with Crippen molar-refractivity contribution < 1.29 is 0 Å². The van der Waals surface area contributed by atoms with Crippen molar-refractivity contribution in [2.75, 3.05) is 11.9 Å². The molecule has 4 heteroatoms. The number of unbranched alkanes of at least 4 members (excludes halogenated alkanes) is 4. The largest absolute Gasteiger partial charge is 0.352 e. The van der Waals surface area contributed by atoms with Gasteiger partial charge in [0.2, 0.25) is 5.95 Å². The van der Waals surface area contributed by atoms with Gasteiger partial charge < -0.3 is 10.6 Å². The van der Waals surface area contributed by atoms with Gasteiger partial charge in [-0.25, -0.2) is 9.97 Å². The van der Waals surface area contributed by atoms with Gasteiger partial charge in [0.1, 0.15) is 0 Å². The lowest BCUT2D eigenvalue weighted by Gasteiger charge is -2.08. The first kappa shape index (κ1) is 15.9. The lowest BCUT2D eigenvalue weighted by atomic mass is 10.1. The fraction of sp³-hybridized carbons (Fsp3) is 0.733. The third-order valence-electron chi connectivity index (χ3n) is 2.91. The van der Waals surface area contributed by atoms with Gasteiger partial charge in [-0.2, -0.15) is 0 Å². The van der Waals surface area contributed by atoms with Gasteiger partial charge in [0, 0.05) is 30.5 Å². The van der Waals surface area contributed by atoms with Crippen molar-refractivity contribution in [1.29, 1.82) is 0 Å². The third kappa shape index (κ3) is 7.78. The number of aromatic nitrogens is 2. The van der Waals surface area contributed by atoms with Crippen LogP contribution in [-0.2, 0) is 6.54 Å². The summed E-state index contributed by atoms with van der Waals surface area (Å²) in [6.07, 6.45) is 10.4. The smallest absolute Gasteiger partial charge is 0.222 e. The van der Waals surface area contributed by atoms with Crippen molar-refractivity contribution in [2.45, 2.75) is 65.5 Å². The van der Waals surface area contributed by atoms with Gasteiger partial charge in [0.25, 0.3) is 0 Å². The van der Waals surface area contributed by atoms with Crippen LogP contribution in [0.2, 0.25) is 0 Å². The van der Waals surface area contributed by atoms with Crippen LogP contribution in [0.4, 0.5) is 5.95 Å². The normalized spacial score (nSPS) is 10.9. The van der Waals surface area contributed by atoms with Gasteiger partial charge in [0.15, 0.2) is 0 Å². The van der Waals surface area contributed by atoms with Crippen LogP contribution in [0.15, 0.2) is 12.4 Å². The monoisotopic (exact) mass is 264 g/mol. The number of rotatable bonds is 10. The molecule has 19 heavy (non-hydrogen) atoms. The molecule has 0 aliphatic carbocycles. The van der Waals surface area contributed by atoms with E-state index in [1.165, 1.54) is 32.1 Å². The van der Waals surface area contributed by atoms with Crippen molar-refractivity contribution >= 4 is 5.95 Å². The highest BCUT2D eigenvalue weighted by molar-refractivity contribution is 5.25. The maximum atomic E-state index is 4.30. The molecule has 0 unspecified atom stereocenters. The van der Waals surface area contributed by atoms with Gasteiger partial charge in [-0.05, 0) is 26.8 Å². The summed E-state index contributed by atoms with van der Waals surface area (Å²) < 4.78 is 0. The number of nitrogens with one attached hydrogen (secondary N) is 2. The van der Waals surface area contributed by atoms with Gasteiger partial charge in [-0.3, -0.25) is 0 Å². The molecule has 0 radical (unpaired) electrons. The molecule has 1 aromatic rings. The minimum atomic E-state index is 0.368. The van der Waals surface area contributed by atoms with E-state index in [1.807, 2.05) is 12.4 Å².